The number of hydrogen-bond donors (Lipinski definition) is 0. The summed E-state index contributed by atoms with van der Waals surface area (Å²) in [5, 5.41) is 0. The second kappa shape index (κ2) is 5.14. The third-order valence-electron chi connectivity index (χ3n) is 2.68. The summed E-state index contributed by atoms with van der Waals surface area (Å²) in [5.74, 6) is 0.0204. The number of pyridine rings is 1. The lowest BCUT2D eigenvalue weighted by Gasteiger charge is -2.35. The summed E-state index contributed by atoms with van der Waals surface area (Å²) >= 11 is 3.25. The zero-order chi connectivity index (χ0) is 12.4. The van der Waals surface area contributed by atoms with Crippen LogP contribution in [0.3, 0.4) is 0 Å². The molecule has 92 valence electrons. The average Bonchev–Trinajstić information content (AvgIpc) is 2.28. The minimum Gasteiger partial charge on any atom is -0.372 e. The molecule has 1 aromatic rings. The van der Waals surface area contributed by atoms with E-state index in [1.807, 2.05) is 18.7 Å². The van der Waals surface area contributed by atoms with Crippen molar-refractivity contribution in [1.82, 2.24) is 9.88 Å². The molecule has 0 N–H and O–H groups in total. The van der Waals surface area contributed by atoms with Gasteiger partial charge >= 0.3 is 0 Å². The van der Waals surface area contributed by atoms with Gasteiger partial charge in [0, 0.05) is 19.3 Å². The summed E-state index contributed by atoms with van der Waals surface area (Å²) in [5.41, 5.74) is 0.620. The highest BCUT2D eigenvalue weighted by molar-refractivity contribution is 9.10. The van der Waals surface area contributed by atoms with Crippen LogP contribution in [0.2, 0.25) is 0 Å². The first-order chi connectivity index (χ1) is 8.06. The number of hydrogen-bond acceptors (Lipinski definition) is 3. The molecule has 1 aromatic heterocycles. The van der Waals surface area contributed by atoms with Gasteiger partial charge in [0.15, 0.2) is 0 Å². The van der Waals surface area contributed by atoms with Gasteiger partial charge in [-0.05, 0) is 41.9 Å². The summed E-state index contributed by atoms with van der Waals surface area (Å²) in [6, 6.07) is 3.56. The van der Waals surface area contributed by atoms with Crippen LogP contribution in [0.1, 0.15) is 24.2 Å². The lowest BCUT2D eigenvalue weighted by atomic mass is 10.2. The largest absolute Gasteiger partial charge is 0.372 e. The number of nitrogens with zero attached hydrogens (tertiary/aromatic N) is 2. The number of carbonyl (C=O) groups is 1. The molecule has 1 aliphatic heterocycles. The smallest absolute Gasteiger partial charge is 0.255 e. The normalized spacial score (nSPS) is 24.8. The Bertz CT molecular complexity index is 397. The van der Waals surface area contributed by atoms with Crippen LogP contribution in [-0.4, -0.2) is 41.1 Å². The van der Waals surface area contributed by atoms with E-state index in [2.05, 4.69) is 20.9 Å². The van der Waals surface area contributed by atoms with Crippen molar-refractivity contribution in [3.8, 4) is 0 Å². The van der Waals surface area contributed by atoms with Gasteiger partial charge in [-0.2, -0.15) is 0 Å². The second-order valence-corrected chi connectivity index (χ2v) is 5.15. The first-order valence-corrected chi connectivity index (χ1v) is 6.42. The van der Waals surface area contributed by atoms with E-state index in [-0.39, 0.29) is 18.1 Å². The Morgan fingerprint density at radius 1 is 1.41 bits per heavy atom. The maximum absolute atomic E-state index is 12.2. The van der Waals surface area contributed by atoms with Crippen LogP contribution in [0.5, 0.6) is 0 Å². The van der Waals surface area contributed by atoms with Crippen molar-refractivity contribution >= 4 is 21.8 Å². The standard InChI is InChI=1S/C12H15BrN2O2/c1-8-6-15(7-9(2)17-8)12(16)10-3-4-11(13)14-5-10/h3-5,8-9H,6-7H2,1-2H3/t8-,9-/m0/s1. The fourth-order valence-corrected chi connectivity index (χ4v) is 2.26. The van der Waals surface area contributed by atoms with Crippen molar-refractivity contribution in [3.05, 3.63) is 28.5 Å². The van der Waals surface area contributed by atoms with Crippen LogP contribution in [0.25, 0.3) is 0 Å². The first-order valence-electron chi connectivity index (χ1n) is 5.62. The van der Waals surface area contributed by atoms with E-state index in [4.69, 9.17) is 4.74 Å². The predicted octanol–water partition coefficient (Wildman–Crippen LogP) is 2.09. The van der Waals surface area contributed by atoms with Crippen molar-refractivity contribution in [2.24, 2.45) is 0 Å². The summed E-state index contributed by atoms with van der Waals surface area (Å²) in [6.07, 6.45) is 1.77. The van der Waals surface area contributed by atoms with Gasteiger partial charge in [0.05, 0.1) is 17.8 Å². The summed E-state index contributed by atoms with van der Waals surface area (Å²) in [4.78, 5) is 18.1. The molecule has 0 aliphatic carbocycles. The number of aromatic nitrogens is 1. The summed E-state index contributed by atoms with van der Waals surface area (Å²) < 4.78 is 6.34. The maximum atomic E-state index is 12.2. The minimum atomic E-state index is 0.0204. The van der Waals surface area contributed by atoms with Crippen molar-refractivity contribution in [1.29, 1.82) is 0 Å². The van der Waals surface area contributed by atoms with E-state index in [0.29, 0.717) is 18.7 Å². The zero-order valence-electron chi connectivity index (χ0n) is 9.89. The number of ether oxygens (including phenoxy) is 1. The van der Waals surface area contributed by atoms with Crippen molar-refractivity contribution in [3.63, 3.8) is 0 Å². The molecule has 1 fully saturated rings. The number of halogens is 1. The van der Waals surface area contributed by atoms with Crippen LogP contribution in [0, 0.1) is 0 Å². The second-order valence-electron chi connectivity index (χ2n) is 4.34. The summed E-state index contributed by atoms with van der Waals surface area (Å²) in [6.45, 7) is 5.24. The van der Waals surface area contributed by atoms with Gasteiger partial charge in [-0.1, -0.05) is 0 Å². The van der Waals surface area contributed by atoms with Gasteiger partial charge in [-0.25, -0.2) is 4.98 Å². The number of amides is 1. The Balaban J connectivity index is 2.11. The Morgan fingerprint density at radius 2 is 2.06 bits per heavy atom. The SMILES string of the molecule is C[C@H]1CN(C(=O)c2ccc(Br)nc2)C[C@H](C)O1. The molecule has 2 rings (SSSR count). The topological polar surface area (TPSA) is 42.4 Å². The molecule has 1 saturated heterocycles. The zero-order valence-corrected chi connectivity index (χ0v) is 11.5. The highest BCUT2D eigenvalue weighted by Crippen LogP contribution is 2.15. The van der Waals surface area contributed by atoms with Crippen molar-refractivity contribution in [2.45, 2.75) is 26.1 Å². The first kappa shape index (κ1) is 12.5. The van der Waals surface area contributed by atoms with Crippen molar-refractivity contribution in [2.75, 3.05) is 13.1 Å². The van der Waals surface area contributed by atoms with E-state index in [1.165, 1.54) is 0 Å². The molecule has 0 radical (unpaired) electrons. The van der Waals surface area contributed by atoms with E-state index in [0.717, 1.165) is 4.60 Å². The van der Waals surface area contributed by atoms with Crippen LogP contribution in [0.4, 0.5) is 0 Å². The van der Waals surface area contributed by atoms with E-state index < -0.39 is 0 Å². The molecule has 5 heteroatoms. The molecule has 2 atom stereocenters. The molecule has 0 spiro atoms. The Labute approximate surface area is 109 Å². The maximum Gasteiger partial charge on any atom is 0.255 e. The molecular formula is C12H15BrN2O2. The molecule has 0 unspecified atom stereocenters. The Hall–Kier alpha value is -0.940. The number of morpholine rings is 1. The van der Waals surface area contributed by atoms with E-state index in [1.54, 1.807) is 18.3 Å². The highest BCUT2D eigenvalue weighted by Gasteiger charge is 2.26. The molecular weight excluding hydrogens is 284 g/mol. The van der Waals surface area contributed by atoms with Crippen LogP contribution < -0.4 is 0 Å². The third-order valence-corrected chi connectivity index (χ3v) is 3.15. The lowest BCUT2D eigenvalue weighted by Crippen LogP contribution is -2.48. The molecule has 4 nitrogen and oxygen atoms in total. The molecule has 0 aromatic carbocycles. The van der Waals surface area contributed by atoms with Crippen molar-refractivity contribution < 1.29 is 9.53 Å². The lowest BCUT2D eigenvalue weighted by molar-refractivity contribution is -0.0586. The van der Waals surface area contributed by atoms with Gasteiger partial charge < -0.3 is 9.64 Å². The Kier molecular flexibility index (Phi) is 3.79. The molecule has 2 heterocycles. The van der Waals surface area contributed by atoms with E-state index >= 15 is 0 Å². The average molecular weight is 299 g/mol. The predicted molar refractivity (Wildman–Crippen MR) is 67.8 cm³/mol. The highest BCUT2D eigenvalue weighted by atomic mass is 79.9. The number of carbonyl (C=O) groups excluding carboxylic acids is 1. The van der Waals surface area contributed by atoms with Crippen LogP contribution >= 0.6 is 15.9 Å². The molecule has 1 amide bonds. The summed E-state index contributed by atoms with van der Waals surface area (Å²) in [7, 11) is 0. The van der Waals surface area contributed by atoms with Gasteiger partial charge in [0.25, 0.3) is 5.91 Å². The fraction of sp³-hybridized carbons (Fsp3) is 0.500. The van der Waals surface area contributed by atoms with E-state index in [9.17, 15) is 4.79 Å². The molecule has 17 heavy (non-hydrogen) atoms. The fourth-order valence-electron chi connectivity index (χ4n) is 2.03. The number of rotatable bonds is 1. The Morgan fingerprint density at radius 3 is 2.59 bits per heavy atom. The monoisotopic (exact) mass is 298 g/mol. The minimum absolute atomic E-state index is 0.0204. The third kappa shape index (κ3) is 3.04. The molecule has 1 aliphatic rings. The van der Waals surface area contributed by atoms with Gasteiger partial charge in [-0.15, -0.1) is 0 Å². The quantitative estimate of drug-likeness (QED) is 0.746. The van der Waals surface area contributed by atoms with Gasteiger partial charge in [0.2, 0.25) is 0 Å². The molecule has 0 saturated carbocycles. The van der Waals surface area contributed by atoms with Crippen LogP contribution in [0.15, 0.2) is 22.9 Å². The van der Waals surface area contributed by atoms with Gasteiger partial charge in [0.1, 0.15) is 4.60 Å². The molecule has 0 bridgehead atoms. The van der Waals surface area contributed by atoms with Gasteiger partial charge in [-0.3, -0.25) is 4.79 Å². The van der Waals surface area contributed by atoms with Crippen LogP contribution in [-0.2, 0) is 4.74 Å².